The Morgan fingerprint density at radius 1 is 1.19 bits per heavy atom. The topological polar surface area (TPSA) is 78.0 Å². The smallest absolute Gasteiger partial charge is 0.327 e. The van der Waals surface area contributed by atoms with Gasteiger partial charge in [-0.1, -0.05) is 56.3 Å². The molecule has 5 heteroatoms. The van der Waals surface area contributed by atoms with Gasteiger partial charge >= 0.3 is 5.97 Å². The number of benzene rings is 2. The first-order valence-corrected chi connectivity index (χ1v) is 9.02. The molecule has 0 spiro atoms. The SMILES string of the molecule is CC(C)c1ccc(Cn2cc(C[C@H](NC#N)C(=O)O)c3ccccc32)cc1. The zero-order chi connectivity index (χ0) is 19.4. The highest BCUT2D eigenvalue weighted by Gasteiger charge is 2.20. The van der Waals surface area contributed by atoms with Gasteiger partial charge in [0.1, 0.15) is 6.04 Å². The van der Waals surface area contributed by atoms with Gasteiger partial charge in [-0.15, -0.1) is 0 Å². The van der Waals surface area contributed by atoms with Crippen LogP contribution in [0.1, 0.15) is 36.5 Å². The van der Waals surface area contributed by atoms with Crippen LogP contribution in [-0.2, 0) is 17.8 Å². The van der Waals surface area contributed by atoms with Gasteiger partial charge in [0.25, 0.3) is 0 Å². The summed E-state index contributed by atoms with van der Waals surface area (Å²) in [5, 5.41) is 21.5. The number of aromatic nitrogens is 1. The third-order valence-electron chi connectivity index (χ3n) is 4.83. The molecule has 138 valence electrons. The average Bonchev–Trinajstić information content (AvgIpc) is 2.99. The van der Waals surface area contributed by atoms with Crippen LogP contribution in [0.15, 0.2) is 54.7 Å². The van der Waals surface area contributed by atoms with Crippen LogP contribution < -0.4 is 5.32 Å². The maximum Gasteiger partial charge on any atom is 0.327 e. The lowest BCUT2D eigenvalue weighted by Gasteiger charge is -2.09. The molecule has 0 saturated heterocycles. The minimum absolute atomic E-state index is 0.253. The Bertz CT molecular complexity index is 981. The molecule has 5 nitrogen and oxygen atoms in total. The lowest BCUT2D eigenvalue weighted by molar-refractivity contribution is -0.139. The van der Waals surface area contributed by atoms with E-state index in [0.29, 0.717) is 12.5 Å². The third-order valence-corrected chi connectivity index (χ3v) is 4.83. The van der Waals surface area contributed by atoms with Crippen molar-refractivity contribution in [3.8, 4) is 6.19 Å². The Balaban J connectivity index is 1.92. The molecule has 0 radical (unpaired) electrons. The van der Waals surface area contributed by atoms with E-state index in [2.05, 4.69) is 48.0 Å². The number of carboxylic acid groups (broad SMARTS) is 1. The second-order valence-electron chi connectivity index (χ2n) is 7.05. The number of fused-ring (bicyclic) bond motifs is 1. The van der Waals surface area contributed by atoms with Crippen LogP contribution in [0.4, 0.5) is 0 Å². The van der Waals surface area contributed by atoms with Gasteiger partial charge in [-0.05, 0) is 28.7 Å². The Hall–Kier alpha value is -3.26. The van der Waals surface area contributed by atoms with Crippen LogP contribution in [0.3, 0.4) is 0 Å². The summed E-state index contributed by atoms with van der Waals surface area (Å²) >= 11 is 0. The molecule has 0 unspecified atom stereocenters. The summed E-state index contributed by atoms with van der Waals surface area (Å²) in [5.74, 6) is -0.531. The normalized spacial score (nSPS) is 12.1. The van der Waals surface area contributed by atoms with Gasteiger partial charge in [0.05, 0.1) is 0 Å². The van der Waals surface area contributed by atoms with E-state index in [9.17, 15) is 9.90 Å². The molecule has 3 rings (SSSR count). The summed E-state index contributed by atoms with van der Waals surface area (Å²) in [6.07, 6.45) is 3.99. The van der Waals surface area contributed by atoms with E-state index < -0.39 is 12.0 Å². The van der Waals surface area contributed by atoms with Crippen LogP contribution in [0.2, 0.25) is 0 Å². The monoisotopic (exact) mass is 361 g/mol. The molecule has 0 aliphatic carbocycles. The number of carboxylic acids is 1. The number of para-hydroxylation sites is 1. The largest absolute Gasteiger partial charge is 0.480 e. The fraction of sp³-hybridized carbons (Fsp3) is 0.273. The minimum atomic E-state index is -1.03. The lowest BCUT2D eigenvalue weighted by atomic mass is 10.0. The van der Waals surface area contributed by atoms with Gasteiger partial charge in [0.2, 0.25) is 0 Å². The molecular weight excluding hydrogens is 338 g/mol. The Kier molecular flexibility index (Phi) is 5.46. The highest BCUT2D eigenvalue weighted by atomic mass is 16.4. The first-order valence-electron chi connectivity index (χ1n) is 9.02. The number of rotatable bonds is 7. The van der Waals surface area contributed by atoms with Crippen LogP contribution in [-0.4, -0.2) is 21.7 Å². The number of hydrogen-bond donors (Lipinski definition) is 2. The van der Waals surface area contributed by atoms with Crippen molar-refractivity contribution in [1.29, 1.82) is 5.26 Å². The maximum absolute atomic E-state index is 11.4. The van der Waals surface area contributed by atoms with Crippen molar-refractivity contribution in [1.82, 2.24) is 9.88 Å². The quantitative estimate of drug-likeness (QED) is 0.494. The second-order valence-corrected chi connectivity index (χ2v) is 7.05. The molecule has 0 fully saturated rings. The van der Waals surface area contributed by atoms with Gasteiger partial charge < -0.3 is 15.0 Å². The predicted octanol–water partition coefficient (Wildman–Crippen LogP) is 3.88. The molecule has 3 aromatic rings. The molecule has 1 atom stereocenters. The summed E-state index contributed by atoms with van der Waals surface area (Å²) in [7, 11) is 0. The van der Waals surface area contributed by atoms with Crippen LogP contribution in [0, 0.1) is 11.5 Å². The Morgan fingerprint density at radius 2 is 1.89 bits per heavy atom. The van der Waals surface area contributed by atoms with Crippen molar-refractivity contribution in [2.45, 2.75) is 38.8 Å². The number of carbonyl (C=O) groups is 1. The van der Waals surface area contributed by atoms with Gasteiger partial charge in [0.15, 0.2) is 6.19 Å². The zero-order valence-corrected chi connectivity index (χ0v) is 15.5. The molecule has 0 aliphatic rings. The van der Waals surface area contributed by atoms with Gasteiger partial charge in [-0.3, -0.25) is 0 Å². The number of nitrogens with zero attached hydrogens (tertiary/aromatic N) is 2. The Labute approximate surface area is 158 Å². The minimum Gasteiger partial charge on any atom is -0.480 e. The van der Waals surface area contributed by atoms with E-state index in [1.54, 1.807) is 6.19 Å². The molecule has 2 N–H and O–H groups in total. The second kappa shape index (κ2) is 7.96. The molecule has 1 aromatic heterocycles. The molecule has 27 heavy (non-hydrogen) atoms. The summed E-state index contributed by atoms with van der Waals surface area (Å²) in [4.78, 5) is 11.4. The van der Waals surface area contributed by atoms with Crippen molar-refractivity contribution in [3.05, 3.63) is 71.4 Å². The highest BCUT2D eigenvalue weighted by Crippen LogP contribution is 2.24. The molecular formula is C22H23N3O2. The van der Waals surface area contributed by atoms with Crippen molar-refractivity contribution < 1.29 is 9.90 Å². The number of nitriles is 1. The summed E-state index contributed by atoms with van der Waals surface area (Å²) in [5.41, 5.74) is 4.47. The zero-order valence-electron chi connectivity index (χ0n) is 15.5. The third kappa shape index (κ3) is 4.12. The number of nitrogens with one attached hydrogen (secondary N) is 1. The van der Waals surface area contributed by atoms with Crippen LogP contribution >= 0.6 is 0 Å². The van der Waals surface area contributed by atoms with E-state index in [1.807, 2.05) is 30.5 Å². The molecule has 0 amide bonds. The van der Waals surface area contributed by atoms with Gasteiger partial charge in [-0.25, -0.2) is 4.79 Å². The van der Waals surface area contributed by atoms with E-state index in [1.165, 1.54) is 11.1 Å². The molecule has 0 aliphatic heterocycles. The maximum atomic E-state index is 11.4. The Morgan fingerprint density at radius 3 is 2.52 bits per heavy atom. The van der Waals surface area contributed by atoms with Crippen molar-refractivity contribution in [3.63, 3.8) is 0 Å². The predicted molar refractivity (Wildman–Crippen MR) is 105 cm³/mol. The average molecular weight is 361 g/mol. The fourth-order valence-electron chi connectivity index (χ4n) is 3.32. The van der Waals surface area contributed by atoms with Crippen LogP contribution in [0.5, 0.6) is 0 Å². The molecule has 1 heterocycles. The van der Waals surface area contributed by atoms with E-state index >= 15 is 0 Å². The summed E-state index contributed by atoms with van der Waals surface area (Å²) in [6, 6.07) is 15.6. The van der Waals surface area contributed by atoms with E-state index in [0.717, 1.165) is 16.5 Å². The first-order chi connectivity index (χ1) is 13.0. The standard InChI is InChI=1S/C22H23N3O2/c1-15(2)17-9-7-16(8-10-17)12-25-13-18(11-20(22(26)27)24-14-23)19-5-3-4-6-21(19)25/h3-10,13,15,20,24H,11-12H2,1-2H3,(H,26,27)/t20-/m0/s1. The lowest BCUT2D eigenvalue weighted by Crippen LogP contribution is -2.35. The highest BCUT2D eigenvalue weighted by molar-refractivity contribution is 5.85. The van der Waals surface area contributed by atoms with E-state index in [4.69, 9.17) is 5.26 Å². The van der Waals surface area contributed by atoms with Gasteiger partial charge in [0, 0.05) is 30.1 Å². The van der Waals surface area contributed by atoms with Crippen molar-refractivity contribution in [2.24, 2.45) is 0 Å². The number of hydrogen-bond acceptors (Lipinski definition) is 3. The van der Waals surface area contributed by atoms with Gasteiger partial charge in [-0.2, -0.15) is 5.26 Å². The van der Waals surface area contributed by atoms with E-state index in [-0.39, 0.29) is 6.42 Å². The summed E-state index contributed by atoms with van der Waals surface area (Å²) < 4.78 is 2.14. The molecule has 0 saturated carbocycles. The molecule has 0 bridgehead atoms. The van der Waals surface area contributed by atoms with Crippen molar-refractivity contribution in [2.75, 3.05) is 0 Å². The van der Waals surface area contributed by atoms with Crippen molar-refractivity contribution >= 4 is 16.9 Å². The summed E-state index contributed by atoms with van der Waals surface area (Å²) in [6.45, 7) is 5.06. The first kappa shape index (κ1) is 18.5. The number of aliphatic carboxylic acids is 1. The van der Waals surface area contributed by atoms with Crippen LogP contribution in [0.25, 0.3) is 10.9 Å². The molecule has 2 aromatic carbocycles. The fourth-order valence-corrected chi connectivity index (χ4v) is 3.32.